The van der Waals surface area contributed by atoms with Crippen molar-refractivity contribution < 1.29 is 14.7 Å². The fourth-order valence-corrected chi connectivity index (χ4v) is 1.57. The van der Waals surface area contributed by atoms with Gasteiger partial charge in [-0.1, -0.05) is 19.8 Å². The van der Waals surface area contributed by atoms with E-state index in [-0.39, 0.29) is 18.0 Å². The highest BCUT2D eigenvalue weighted by Gasteiger charge is 2.12. The van der Waals surface area contributed by atoms with E-state index in [1.165, 1.54) is 18.3 Å². The Bertz CT molecular complexity index is 449. The minimum atomic E-state index is -1.02. The lowest BCUT2D eigenvalue weighted by Gasteiger charge is -2.11. The molecule has 1 rings (SSSR count). The molecule has 0 aliphatic heterocycles. The van der Waals surface area contributed by atoms with Crippen molar-refractivity contribution in [2.45, 2.75) is 38.8 Å². The predicted molar refractivity (Wildman–Crippen MR) is 70.5 cm³/mol. The van der Waals surface area contributed by atoms with Crippen molar-refractivity contribution in [3.8, 4) is 0 Å². The number of nitrogens with one attached hydrogen (secondary N) is 1. The van der Waals surface area contributed by atoms with E-state index in [4.69, 9.17) is 10.8 Å². The summed E-state index contributed by atoms with van der Waals surface area (Å²) >= 11 is 0. The number of unbranched alkanes of at least 4 members (excludes halogenated alkanes) is 1. The lowest BCUT2D eigenvalue weighted by molar-refractivity contribution is -0.122. The highest BCUT2D eigenvalue weighted by Crippen LogP contribution is 2.02. The van der Waals surface area contributed by atoms with Crippen LogP contribution in [0.5, 0.6) is 0 Å². The van der Waals surface area contributed by atoms with Crippen LogP contribution in [0.3, 0.4) is 0 Å². The number of nitrogens with two attached hydrogens (primary N) is 1. The van der Waals surface area contributed by atoms with Gasteiger partial charge < -0.3 is 16.2 Å². The van der Waals surface area contributed by atoms with Crippen LogP contribution >= 0.6 is 0 Å². The van der Waals surface area contributed by atoms with Gasteiger partial charge in [0.25, 0.3) is 0 Å². The molecule has 4 N–H and O–H groups in total. The predicted octanol–water partition coefficient (Wildman–Crippen LogP) is 0.913. The topological polar surface area (TPSA) is 105 Å². The smallest absolute Gasteiger partial charge is 0.335 e. The van der Waals surface area contributed by atoms with E-state index >= 15 is 0 Å². The molecule has 1 aromatic rings. The van der Waals surface area contributed by atoms with Crippen LogP contribution in [0.4, 0.5) is 0 Å². The Morgan fingerprint density at radius 2 is 2.26 bits per heavy atom. The van der Waals surface area contributed by atoms with Crippen molar-refractivity contribution in [2.75, 3.05) is 0 Å². The first kappa shape index (κ1) is 15.1. The maximum Gasteiger partial charge on any atom is 0.335 e. The van der Waals surface area contributed by atoms with Crippen molar-refractivity contribution in [3.63, 3.8) is 0 Å². The van der Waals surface area contributed by atoms with Crippen LogP contribution in [-0.2, 0) is 11.3 Å². The number of carbonyl (C=O) groups is 2. The van der Waals surface area contributed by atoms with Crippen molar-refractivity contribution >= 4 is 11.9 Å². The molecule has 0 bridgehead atoms. The van der Waals surface area contributed by atoms with E-state index in [1.54, 1.807) is 0 Å². The van der Waals surface area contributed by atoms with Crippen molar-refractivity contribution in [2.24, 2.45) is 5.73 Å². The first-order valence-electron chi connectivity index (χ1n) is 6.26. The highest BCUT2D eigenvalue weighted by atomic mass is 16.4. The van der Waals surface area contributed by atoms with Gasteiger partial charge in [0.15, 0.2) is 0 Å². The number of nitrogens with zero attached hydrogens (tertiary/aromatic N) is 1. The molecule has 0 saturated heterocycles. The van der Waals surface area contributed by atoms with Gasteiger partial charge in [0, 0.05) is 6.20 Å². The number of amides is 1. The molecule has 0 saturated carbocycles. The summed E-state index contributed by atoms with van der Waals surface area (Å²) < 4.78 is 0. The Morgan fingerprint density at radius 3 is 2.89 bits per heavy atom. The number of hydrogen-bond donors (Lipinski definition) is 3. The van der Waals surface area contributed by atoms with Gasteiger partial charge in [-0.3, -0.25) is 9.78 Å². The SMILES string of the molecule is CCCCC(N)C(=O)NCc1cc(C(=O)O)ccn1. The molecule has 0 fully saturated rings. The number of carboxylic acid groups (broad SMARTS) is 1. The highest BCUT2D eigenvalue weighted by molar-refractivity contribution is 5.87. The second kappa shape index (κ2) is 7.48. The summed E-state index contributed by atoms with van der Waals surface area (Å²) in [6.07, 6.45) is 3.94. The van der Waals surface area contributed by atoms with E-state index in [2.05, 4.69) is 10.3 Å². The Morgan fingerprint density at radius 1 is 1.53 bits per heavy atom. The van der Waals surface area contributed by atoms with E-state index < -0.39 is 12.0 Å². The molecule has 1 amide bonds. The fourth-order valence-electron chi connectivity index (χ4n) is 1.57. The number of hydrogen-bond acceptors (Lipinski definition) is 4. The summed E-state index contributed by atoms with van der Waals surface area (Å²) in [5, 5.41) is 11.5. The zero-order valence-corrected chi connectivity index (χ0v) is 10.9. The third kappa shape index (κ3) is 5.05. The third-order valence-electron chi connectivity index (χ3n) is 2.71. The lowest BCUT2D eigenvalue weighted by atomic mass is 10.1. The van der Waals surface area contributed by atoms with Crippen LogP contribution in [0, 0.1) is 0 Å². The molecule has 19 heavy (non-hydrogen) atoms. The van der Waals surface area contributed by atoms with E-state index in [0.717, 1.165) is 12.8 Å². The van der Waals surface area contributed by atoms with Crippen LogP contribution in [0.1, 0.15) is 42.2 Å². The van der Waals surface area contributed by atoms with Gasteiger partial charge in [0.1, 0.15) is 0 Å². The number of carbonyl (C=O) groups excluding carboxylic acids is 1. The first-order chi connectivity index (χ1) is 9.04. The van der Waals surface area contributed by atoms with Gasteiger partial charge in [-0.2, -0.15) is 0 Å². The number of aromatic nitrogens is 1. The van der Waals surface area contributed by atoms with Gasteiger partial charge >= 0.3 is 5.97 Å². The molecule has 1 unspecified atom stereocenters. The molecule has 6 nitrogen and oxygen atoms in total. The maximum absolute atomic E-state index is 11.7. The minimum absolute atomic E-state index is 0.148. The maximum atomic E-state index is 11.7. The Labute approximate surface area is 112 Å². The van der Waals surface area contributed by atoms with Gasteiger partial charge in [-0.05, 0) is 18.6 Å². The standard InChI is InChI=1S/C13H19N3O3/c1-2-3-4-11(14)12(17)16-8-10-7-9(13(18)19)5-6-15-10/h5-7,11H,2-4,8,14H2,1H3,(H,16,17)(H,18,19). The molecule has 0 aromatic carbocycles. The molecule has 104 valence electrons. The third-order valence-corrected chi connectivity index (χ3v) is 2.71. The van der Waals surface area contributed by atoms with E-state index in [1.807, 2.05) is 6.92 Å². The molecule has 0 aliphatic carbocycles. The van der Waals surface area contributed by atoms with Crippen LogP contribution in [0.2, 0.25) is 0 Å². The largest absolute Gasteiger partial charge is 0.478 e. The summed E-state index contributed by atoms with van der Waals surface area (Å²) in [6, 6.07) is 2.31. The van der Waals surface area contributed by atoms with Crippen LogP contribution in [-0.4, -0.2) is 28.0 Å². The van der Waals surface area contributed by atoms with Crippen molar-refractivity contribution in [1.29, 1.82) is 0 Å². The molecule has 0 aliphatic rings. The summed E-state index contributed by atoms with van der Waals surface area (Å²) in [5.41, 5.74) is 6.36. The summed E-state index contributed by atoms with van der Waals surface area (Å²) in [7, 11) is 0. The molecule has 6 heteroatoms. The Balaban J connectivity index is 2.50. The quantitative estimate of drug-likeness (QED) is 0.679. The second-order valence-corrected chi connectivity index (χ2v) is 4.31. The zero-order chi connectivity index (χ0) is 14.3. The zero-order valence-electron chi connectivity index (χ0n) is 10.9. The van der Waals surface area contributed by atoms with Crippen molar-refractivity contribution in [1.82, 2.24) is 10.3 Å². The van der Waals surface area contributed by atoms with Gasteiger partial charge in [0.05, 0.1) is 23.8 Å². The number of rotatable bonds is 7. The van der Waals surface area contributed by atoms with Crippen LogP contribution < -0.4 is 11.1 Å². The number of carboxylic acids is 1. The summed E-state index contributed by atoms with van der Waals surface area (Å²) in [6.45, 7) is 2.21. The van der Waals surface area contributed by atoms with E-state index in [0.29, 0.717) is 12.1 Å². The summed E-state index contributed by atoms with van der Waals surface area (Å²) in [5.74, 6) is -1.26. The van der Waals surface area contributed by atoms with Crippen molar-refractivity contribution in [3.05, 3.63) is 29.6 Å². The molecule has 1 aromatic heterocycles. The second-order valence-electron chi connectivity index (χ2n) is 4.31. The normalized spacial score (nSPS) is 11.9. The minimum Gasteiger partial charge on any atom is -0.478 e. The molecule has 0 radical (unpaired) electrons. The average Bonchev–Trinajstić information content (AvgIpc) is 2.42. The molecular weight excluding hydrogens is 246 g/mol. The first-order valence-corrected chi connectivity index (χ1v) is 6.26. The van der Waals surface area contributed by atoms with Gasteiger partial charge in [-0.25, -0.2) is 4.79 Å². The van der Waals surface area contributed by atoms with E-state index in [9.17, 15) is 9.59 Å². The Hall–Kier alpha value is -1.95. The molecule has 1 atom stereocenters. The molecule has 1 heterocycles. The number of pyridine rings is 1. The number of aromatic carboxylic acids is 1. The van der Waals surface area contributed by atoms with Gasteiger partial charge in [0.2, 0.25) is 5.91 Å². The molecule has 0 spiro atoms. The van der Waals surface area contributed by atoms with Crippen LogP contribution in [0.25, 0.3) is 0 Å². The fraction of sp³-hybridized carbons (Fsp3) is 0.462. The molecular formula is C13H19N3O3. The Kier molecular flexibility index (Phi) is 5.95. The lowest BCUT2D eigenvalue weighted by Crippen LogP contribution is -2.40. The monoisotopic (exact) mass is 265 g/mol. The summed E-state index contributed by atoms with van der Waals surface area (Å²) in [4.78, 5) is 26.4. The average molecular weight is 265 g/mol. The van der Waals surface area contributed by atoms with Crippen LogP contribution in [0.15, 0.2) is 18.3 Å². The van der Waals surface area contributed by atoms with Gasteiger partial charge in [-0.15, -0.1) is 0 Å².